The number of hydrogen-bond donors (Lipinski definition) is 1. The average molecular weight is 258 g/mol. The first-order valence-electron chi connectivity index (χ1n) is 6.20. The van der Waals surface area contributed by atoms with Crippen molar-refractivity contribution in [3.05, 3.63) is 59.9 Å². The molecule has 0 atom stereocenters. The van der Waals surface area contributed by atoms with Crippen molar-refractivity contribution in [2.75, 3.05) is 6.54 Å². The molecular weight excluding hydrogens is 240 g/mol. The third-order valence-electron chi connectivity index (χ3n) is 2.63. The Morgan fingerprint density at radius 2 is 1.94 bits per heavy atom. The largest absolute Gasteiger partial charge is 0.313 e. The fourth-order valence-electron chi connectivity index (χ4n) is 1.62. The SMILES string of the molecule is CCNCc1ccc(SCc2cccnc2)cc1. The number of hydrogen-bond acceptors (Lipinski definition) is 3. The lowest BCUT2D eigenvalue weighted by Gasteiger charge is -2.04. The van der Waals surface area contributed by atoms with E-state index in [4.69, 9.17) is 0 Å². The summed E-state index contributed by atoms with van der Waals surface area (Å²) in [4.78, 5) is 5.43. The van der Waals surface area contributed by atoms with Crippen LogP contribution in [0.3, 0.4) is 0 Å². The number of nitrogens with one attached hydrogen (secondary N) is 1. The zero-order chi connectivity index (χ0) is 12.6. The molecule has 0 saturated carbocycles. The first kappa shape index (κ1) is 13.1. The average Bonchev–Trinajstić information content (AvgIpc) is 2.45. The van der Waals surface area contributed by atoms with E-state index in [0.29, 0.717) is 0 Å². The Morgan fingerprint density at radius 1 is 1.11 bits per heavy atom. The highest BCUT2D eigenvalue weighted by Gasteiger charge is 1.97. The predicted molar refractivity (Wildman–Crippen MR) is 77.6 cm³/mol. The van der Waals surface area contributed by atoms with E-state index < -0.39 is 0 Å². The van der Waals surface area contributed by atoms with Crippen molar-refractivity contribution in [2.24, 2.45) is 0 Å². The second-order valence-corrected chi connectivity index (χ2v) is 5.12. The van der Waals surface area contributed by atoms with Gasteiger partial charge in [-0.2, -0.15) is 0 Å². The van der Waals surface area contributed by atoms with E-state index in [0.717, 1.165) is 18.8 Å². The zero-order valence-corrected chi connectivity index (χ0v) is 11.4. The van der Waals surface area contributed by atoms with Crippen LogP contribution in [0.5, 0.6) is 0 Å². The summed E-state index contributed by atoms with van der Waals surface area (Å²) in [5.41, 5.74) is 2.60. The Labute approximate surface area is 113 Å². The van der Waals surface area contributed by atoms with Crippen LogP contribution in [0.15, 0.2) is 53.7 Å². The molecule has 2 rings (SSSR count). The highest BCUT2D eigenvalue weighted by Crippen LogP contribution is 2.22. The molecule has 1 heterocycles. The summed E-state index contributed by atoms with van der Waals surface area (Å²) < 4.78 is 0. The van der Waals surface area contributed by atoms with Crippen molar-refractivity contribution < 1.29 is 0 Å². The van der Waals surface area contributed by atoms with Crippen molar-refractivity contribution in [3.8, 4) is 0 Å². The number of aromatic nitrogens is 1. The van der Waals surface area contributed by atoms with Crippen molar-refractivity contribution in [1.82, 2.24) is 10.3 Å². The molecule has 0 unspecified atom stereocenters. The van der Waals surface area contributed by atoms with Gasteiger partial charge in [-0.05, 0) is 35.9 Å². The Morgan fingerprint density at radius 3 is 2.61 bits per heavy atom. The quantitative estimate of drug-likeness (QED) is 0.803. The van der Waals surface area contributed by atoms with Crippen LogP contribution in [0.2, 0.25) is 0 Å². The maximum absolute atomic E-state index is 4.12. The molecule has 0 aliphatic heterocycles. The monoisotopic (exact) mass is 258 g/mol. The fourth-order valence-corrected chi connectivity index (χ4v) is 2.46. The van der Waals surface area contributed by atoms with Crippen LogP contribution in [0.1, 0.15) is 18.1 Å². The van der Waals surface area contributed by atoms with Crippen molar-refractivity contribution >= 4 is 11.8 Å². The van der Waals surface area contributed by atoms with E-state index in [1.165, 1.54) is 16.0 Å². The second-order valence-electron chi connectivity index (χ2n) is 4.07. The molecule has 2 nitrogen and oxygen atoms in total. The topological polar surface area (TPSA) is 24.9 Å². The van der Waals surface area contributed by atoms with Gasteiger partial charge in [-0.15, -0.1) is 11.8 Å². The van der Waals surface area contributed by atoms with Gasteiger partial charge in [0, 0.05) is 29.6 Å². The van der Waals surface area contributed by atoms with Gasteiger partial charge in [0.1, 0.15) is 0 Å². The summed E-state index contributed by atoms with van der Waals surface area (Å²) in [5, 5.41) is 3.33. The summed E-state index contributed by atoms with van der Waals surface area (Å²) in [6, 6.07) is 12.8. The van der Waals surface area contributed by atoms with Crippen LogP contribution < -0.4 is 5.32 Å². The first-order chi connectivity index (χ1) is 8.88. The van der Waals surface area contributed by atoms with Crippen molar-refractivity contribution in [1.29, 1.82) is 0 Å². The minimum absolute atomic E-state index is 0.948. The molecule has 0 spiro atoms. The second kappa shape index (κ2) is 7.19. The van der Waals surface area contributed by atoms with E-state index in [9.17, 15) is 0 Å². The number of thioether (sulfide) groups is 1. The van der Waals surface area contributed by atoms with Crippen LogP contribution in [0, 0.1) is 0 Å². The molecule has 1 N–H and O–H groups in total. The molecule has 18 heavy (non-hydrogen) atoms. The molecule has 0 fully saturated rings. The predicted octanol–water partition coefficient (Wildman–Crippen LogP) is 3.48. The lowest BCUT2D eigenvalue weighted by molar-refractivity contribution is 0.726. The van der Waals surface area contributed by atoms with Gasteiger partial charge in [-0.3, -0.25) is 4.98 Å². The minimum atomic E-state index is 0.948. The maximum Gasteiger partial charge on any atom is 0.0308 e. The van der Waals surface area contributed by atoms with Gasteiger partial charge < -0.3 is 5.32 Å². The number of nitrogens with zero attached hydrogens (tertiary/aromatic N) is 1. The number of rotatable bonds is 6. The van der Waals surface area contributed by atoms with Crippen LogP contribution in [-0.4, -0.2) is 11.5 Å². The van der Waals surface area contributed by atoms with Crippen molar-refractivity contribution in [3.63, 3.8) is 0 Å². The summed E-state index contributed by atoms with van der Waals surface area (Å²) >= 11 is 1.85. The van der Waals surface area contributed by atoms with Gasteiger partial charge in [-0.25, -0.2) is 0 Å². The standard InChI is InChI=1S/C15H18N2S/c1-2-16-10-13-5-7-15(8-6-13)18-12-14-4-3-9-17-11-14/h3-9,11,16H,2,10,12H2,1H3. The summed E-state index contributed by atoms with van der Waals surface area (Å²) in [6.07, 6.45) is 3.73. The Kier molecular flexibility index (Phi) is 5.24. The lowest BCUT2D eigenvalue weighted by Crippen LogP contribution is -2.11. The summed E-state index contributed by atoms with van der Waals surface area (Å²) in [5.74, 6) is 0.973. The molecule has 94 valence electrons. The molecule has 0 aliphatic carbocycles. The maximum atomic E-state index is 4.12. The molecular formula is C15H18N2S. The highest BCUT2D eigenvalue weighted by molar-refractivity contribution is 7.98. The number of pyridine rings is 1. The summed E-state index contributed by atoms with van der Waals surface area (Å²) in [7, 11) is 0. The van der Waals surface area contributed by atoms with Crippen molar-refractivity contribution in [2.45, 2.75) is 24.1 Å². The van der Waals surface area contributed by atoms with Gasteiger partial charge in [0.05, 0.1) is 0 Å². The van der Waals surface area contributed by atoms with Crippen LogP contribution in [-0.2, 0) is 12.3 Å². The van der Waals surface area contributed by atoms with Crippen LogP contribution >= 0.6 is 11.8 Å². The van der Waals surface area contributed by atoms with Gasteiger partial charge in [-0.1, -0.05) is 25.1 Å². The molecule has 0 amide bonds. The molecule has 0 saturated heterocycles. The van der Waals surface area contributed by atoms with E-state index in [-0.39, 0.29) is 0 Å². The Balaban J connectivity index is 1.86. The molecule has 1 aromatic heterocycles. The van der Waals surface area contributed by atoms with E-state index in [2.05, 4.69) is 47.6 Å². The molecule has 0 aliphatic rings. The Hall–Kier alpha value is -1.32. The molecule has 1 aromatic carbocycles. The molecule has 0 radical (unpaired) electrons. The van der Waals surface area contributed by atoms with E-state index in [1.807, 2.05) is 30.2 Å². The minimum Gasteiger partial charge on any atom is -0.313 e. The smallest absolute Gasteiger partial charge is 0.0308 e. The van der Waals surface area contributed by atoms with Crippen LogP contribution in [0.25, 0.3) is 0 Å². The fraction of sp³-hybridized carbons (Fsp3) is 0.267. The van der Waals surface area contributed by atoms with E-state index >= 15 is 0 Å². The molecule has 0 bridgehead atoms. The van der Waals surface area contributed by atoms with E-state index in [1.54, 1.807) is 0 Å². The molecule has 3 heteroatoms. The van der Waals surface area contributed by atoms with Gasteiger partial charge >= 0.3 is 0 Å². The molecule has 2 aromatic rings. The number of benzene rings is 1. The van der Waals surface area contributed by atoms with Gasteiger partial charge in [0.25, 0.3) is 0 Å². The summed E-state index contributed by atoms with van der Waals surface area (Å²) in [6.45, 7) is 4.08. The normalized spacial score (nSPS) is 10.5. The van der Waals surface area contributed by atoms with Gasteiger partial charge in [0.2, 0.25) is 0 Å². The first-order valence-corrected chi connectivity index (χ1v) is 7.18. The van der Waals surface area contributed by atoms with Crippen LogP contribution in [0.4, 0.5) is 0 Å². The highest BCUT2D eigenvalue weighted by atomic mass is 32.2. The zero-order valence-electron chi connectivity index (χ0n) is 10.6. The lowest BCUT2D eigenvalue weighted by atomic mass is 10.2. The Bertz CT molecular complexity index is 454. The third-order valence-corrected chi connectivity index (χ3v) is 3.71. The third kappa shape index (κ3) is 4.17. The van der Waals surface area contributed by atoms with Gasteiger partial charge in [0.15, 0.2) is 0 Å².